The highest BCUT2D eigenvalue weighted by Crippen LogP contribution is 1.89. The first-order chi connectivity index (χ1) is 8.85. The normalized spacial score (nSPS) is 11.6. The average molecular weight is 259 g/mol. The van der Waals surface area contributed by atoms with Crippen LogP contribution in [0.5, 0.6) is 0 Å². The summed E-state index contributed by atoms with van der Waals surface area (Å²) in [6.45, 7) is 9.12. The van der Waals surface area contributed by atoms with E-state index in [0.717, 1.165) is 64.7 Å². The summed E-state index contributed by atoms with van der Waals surface area (Å²) < 4.78 is 10.3. The number of ether oxygens (including phenoxy) is 2. The highest BCUT2D eigenvalue weighted by Gasteiger charge is 1.96. The third-order valence-corrected chi connectivity index (χ3v) is 2.33. The van der Waals surface area contributed by atoms with Crippen LogP contribution in [0.4, 0.5) is 0 Å². The Morgan fingerprint density at radius 2 is 1.89 bits per heavy atom. The second-order valence-electron chi connectivity index (χ2n) is 3.94. The van der Waals surface area contributed by atoms with Crippen LogP contribution < -0.4 is 10.6 Å². The van der Waals surface area contributed by atoms with Gasteiger partial charge in [-0.15, -0.1) is 0 Å². The van der Waals surface area contributed by atoms with Crippen molar-refractivity contribution in [2.75, 3.05) is 46.6 Å². The minimum absolute atomic E-state index is 0.761. The van der Waals surface area contributed by atoms with Crippen LogP contribution in [0.25, 0.3) is 0 Å². The van der Waals surface area contributed by atoms with Crippen LogP contribution >= 0.6 is 0 Å². The highest BCUT2D eigenvalue weighted by molar-refractivity contribution is 5.79. The van der Waals surface area contributed by atoms with Gasteiger partial charge in [-0.3, -0.25) is 4.99 Å². The van der Waals surface area contributed by atoms with Gasteiger partial charge in [0.2, 0.25) is 0 Å². The lowest BCUT2D eigenvalue weighted by Crippen LogP contribution is -2.38. The smallest absolute Gasteiger partial charge is 0.191 e. The molecule has 2 N–H and O–H groups in total. The van der Waals surface area contributed by atoms with Crippen molar-refractivity contribution < 1.29 is 9.47 Å². The fraction of sp³-hybridized carbons (Fsp3) is 0.923. The van der Waals surface area contributed by atoms with E-state index in [-0.39, 0.29) is 0 Å². The third-order valence-electron chi connectivity index (χ3n) is 2.33. The number of nitrogens with zero attached hydrogens (tertiary/aromatic N) is 1. The first-order valence-electron chi connectivity index (χ1n) is 6.94. The quantitative estimate of drug-likeness (QED) is 0.334. The molecule has 0 fully saturated rings. The van der Waals surface area contributed by atoms with Crippen LogP contribution in [-0.2, 0) is 9.47 Å². The van der Waals surface area contributed by atoms with Gasteiger partial charge >= 0.3 is 0 Å². The lowest BCUT2D eigenvalue weighted by molar-refractivity contribution is 0.143. The van der Waals surface area contributed by atoms with E-state index in [0.29, 0.717) is 0 Å². The zero-order chi connectivity index (χ0) is 13.5. The number of hydrogen-bond donors (Lipinski definition) is 2. The molecule has 0 aliphatic rings. The van der Waals surface area contributed by atoms with E-state index < -0.39 is 0 Å². The van der Waals surface area contributed by atoms with E-state index in [2.05, 4.69) is 22.5 Å². The Bertz CT molecular complexity index is 199. The Morgan fingerprint density at radius 1 is 1.06 bits per heavy atom. The molecule has 0 saturated heterocycles. The number of aliphatic imine (C=N–C) groups is 1. The van der Waals surface area contributed by atoms with Crippen molar-refractivity contribution in [2.45, 2.75) is 33.1 Å². The van der Waals surface area contributed by atoms with Crippen LogP contribution in [0.15, 0.2) is 4.99 Å². The monoisotopic (exact) mass is 259 g/mol. The van der Waals surface area contributed by atoms with E-state index in [9.17, 15) is 0 Å². The lowest BCUT2D eigenvalue weighted by atomic mass is 10.3. The Labute approximate surface area is 111 Å². The molecule has 0 saturated carbocycles. The summed E-state index contributed by atoms with van der Waals surface area (Å²) in [5.74, 6) is 0.894. The molecular formula is C13H29N3O2. The number of rotatable bonds is 11. The van der Waals surface area contributed by atoms with Crippen molar-refractivity contribution in [3.8, 4) is 0 Å². The summed E-state index contributed by atoms with van der Waals surface area (Å²) in [4.78, 5) is 4.47. The van der Waals surface area contributed by atoms with E-state index >= 15 is 0 Å². The van der Waals surface area contributed by atoms with Crippen LogP contribution in [0.1, 0.15) is 33.1 Å². The van der Waals surface area contributed by atoms with Gasteiger partial charge in [-0.05, 0) is 33.1 Å². The van der Waals surface area contributed by atoms with Crippen molar-refractivity contribution in [3.63, 3.8) is 0 Å². The molecule has 5 nitrogen and oxygen atoms in total. The standard InChI is InChI=1S/C13H29N3O2/c1-4-14-13(16-10-8-11-17-3)15-9-6-7-12-18-5-2/h4-12H2,1-3H3,(H2,14,15,16). The molecule has 0 aliphatic heterocycles. The molecule has 0 aromatic rings. The second kappa shape index (κ2) is 14.3. The molecule has 5 heteroatoms. The Hall–Kier alpha value is -0.810. The zero-order valence-corrected chi connectivity index (χ0v) is 12.1. The first kappa shape index (κ1) is 17.2. The second-order valence-corrected chi connectivity index (χ2v) is 3.94. The minimum Gasteiger partial charge on any atom is -0.385 e. The van der Waals surface area contributed by atoms with E-state index in [1.165, 1.54) is 0 Å². The molecule has 108 valence electrons. The van der Waals surface area contributed by atoms with Crippen LogP contribution in [-0.4, -0.2) is 52.5 Å². The molecule has 0 spiro atoms. The van der Waals surface area contributed by atoms with Gasteiger partial charge in [0.25, 0.3) is 0 Å². The molecular weight excluding hydrogens is 230 g/mol. The summed E-state index contributed by atoms with van der Waals surface area (Å²) in [5, 5.41) is 6.55. The van der Waals surface area contributed by atoms with Gasteiger partial charge in [0.15, 0.2) is 5.96 Å². The number of methoxy groups -OCH3 is 1. The zero-order valence-electron chi connectivity index (χ0n) is 12.1. The average Bonchev–Trinajstić information content (AvgIpc) is 2.38. The summed E-state index contributed by atoms with van der Waals surface area (Å²) in [7, 11) is 1.71. The van der Waals surface area contributed by atoms with Crippen LogP contribution in [0.3, 0.4) is 0 Å². The predicted molar refractivity (Wildman–Crippen MR) is 76.2 cm³/mol. The largest absolute Gasteiger partial charge is 0.385 e. The minimum atomic E-state index is 0.761. The Morgan fingerprint density at radius 3 is 2.56 bits per heavy atom. The lowest BCUT2D eigenvalue weighted by Gasteiger charge is -2.11. The highest BCUT2D eigenvalue weighted by atomic mass is 16.5. The number of nitrogens with one attached hydrogen (secondary N) is 2. The maximum absolute atomic E-state index is 5.29. The summed E-state index contributed by atoms with van der Waals surface area (Å²) >= 11 is 0. The SMILES string of the molecule is CCNC(=NCCCOC)NCCCCOCC. The van der Waals surface area contributed by atoms with Crippen molar-refractivity contribution in [1.29, 1.82) is 0 Å². The van der Waals surface area contributed by atoms with Gasteiger partial charge in [0, 0.05) is 46.6 Å². The predicted octanol–water partition coefficient (Wildman–Crippen LogP) is 1.39. The van der Waals surface area contributed by atoms with E-state index in [4.69, 9.17) is 9.47 Å². The molecule has 0 bridgehead atoms. The van der Waals surface area contributed by atoms with Gasteiger partial charge in [0.05, 0.1) is 0 Å². The molecule has 0 radical (unpaired) electrons. The van der Waals surface area contributed by atoms with Crippen LogP contribution in [0, 0.1) is 0 Å². The van der Waals surface area contributed by atoms with Crippen molar-refractivity contribution in [1.82, 2.24) is 10.6 Å². The van der Waals surface area contributed by atoms with Gasteiger partial charge in [0.1, 0.15) is 0 Å². The molecule has 0 heterocycles. The molecule has 18 heavy (non-hydrogen) atoms. The van der Waals surface area contributed by atoms with Crippen LogP contribution in [0.2, 0.25) is 0 Å². The van der Waals surface area contributed by atoms with Crippen molar-refractivity contribution in [3.05, 3.63) is 0 Å². The maximum Gasteiger partial charge on any atom is 0.191 e. The fourth-order valence-corrected chi connectivity index (χ4v) is 1.42. The molecule has 0 atom stereocenters. The van der Waals surface area contributed by atoms with Gasteiger partial charge in [-0.25, -0.2) is 0 Å². The third kappa shape index (κ3) is 11.7. The summed E-state index contributed by atoms with van der Waals surface area (Å²) in [5.41, 5.74) is 0. The number of hydrogen-bond acceptors (Lipinski definition) is 3. The molecule has 0 aromatic carbocycles. The van der Waals surface area contributed by atoms with Gasteiger partial charge in [-0.2, -0.15) is 0 Å². The first-order valence-corrected chi connectivity index (χ1v) is 6.94. The fourth-order valence-electron chi connectivity index (χ4n) is 1.42. The van der Waals surface area contributed by atoms with Crippen molar-refractivity contribution in [2.24, 2.45) is 4.99 Å². The van der Waals surface area contributed by atoms with E-state index in [1.807, 2.05) is 6.92 Å². The van der Waals surface area contributed by atoms with Gasteiger partial charge < -0.3 is 20.1 Å². The van der Waals surface area contributed by atoms with Crippen molar-refractivity contribution >= 4 is 5.96 Å². The Kier molecular flexibility index (Phi) is 13.6. The topological polar surface area (TPSA) is 54.9 Å². The molecule has 0 rings (SSSR count). The summed E-state index contributed by atoms with van der Waals surface area (Å²) in [6, 6.07) is 0. The Balaban J connectivity index is 3.61. The molecule has 0 amide bonds. The van der Waals surface area contributed by atoms with Gasteiger partial charge in [-0.1, -0.05) is 0 Å². The summed E-state index contributed by atoms with van der Waals surface area (Å²) in [6.07, 6.45) is 3.14. The molecule has 0 unspecified atom stereocenters. The molecule has 0 aliphatic carbocycles. The number of guanidine groups is 1. The maximum atomic E-state index is 5.29. The molecule has 0 aromatic heterocycles. The number of unbranched alkanes of at least 4 members (excludes halogenated alkanes) is 1. The van der Waals surface area contributed by atoms with E-state index in [1.54, 1.807) is 7.11 Å².